The van der Waals surface area contributed by atoms with Gasteiger partial charge >= 0.3 is 0 Å². The standard InChI is InChI=1S/C17H21NO2/c1-20-14-4-2-3-13(9-14)17(19)18-10-15(11-5-6-11)16(18)12-7-8-12/h2-4,9,11-12,15-16H,5-8,10H2,1H3/t15-,16+/m1/s1. The molecule has 1 heterocycles. The number of benzene rings is 1. The van der Waals surface area contributed by atoms with E-state index in [9.17, 15) is 4.79 Å². The summed E-state index contributed by atoms with van der Waals surface area (Å²) in [4.78, 5) is 14.8. The minimum atomic E-state index is 0.192. The summed E-state index contributed by atoms with van der Waals surface area (Å²) < 4.78 is 5.22. The van der Waals surface area contributed by atoms with Gasteiger partial charge in [-0.3, -0.25) is 4.79 Å². The van der Waals surface area contributed by atoms with Crippen molar-refractivity contribution in [2.75, 3.05) is 13.7 Å². The van der Waals surface area contributed by atoms with Crippen LogP contribution in [0.15, 0.2) is 24.3 Å². The number of methoxy groups -OCH3 is 1. The summed E-state index contributed by atoms with van der Waals surface area (Å²) in [6.45, 7) is 0.974. The zero-order chi connectivity index (χ0) is 13.7. The lowest BCUT2D eigenvalue weighted by Gasteiger charge is -2.49. The van der Waals surface area contributed by atoms with Crippen LogP contribution in [0, 0.1) is 17.8 Å². The Balaban J connectivity index is 1.52. The molecule has 4 rings (SSSR count). The third-order valence-electron chi connectivity index (χ3n) is 5.12. The summed E-state index contributed by atoms with van der Waals surface area (Å²) in [5, 5.41) is 0. The number of hydrogen-bond donors (Lipinski definition) is 0. The van der Waals surface area contributed by atoms with E-state index in [4.69, 9.17) is 4.74 Å². The zero-order valence-corrected chi connectivity index (χ0v) is 11.9. The molecule has 1 amide bonds. The van der Waals surface area contributed by atoms with Crippen molar-refractivity contribution < 1.29 is 9.53 Å². The summed E-state index contributed by atoms with van der Waals surface area (Å²) in [7, 11) is 1.64. The first-order valence-corrected chi connectivity index (χ1v) is 7.73. The molecule has 3 aliphatic rings. The number of ether oxygens (including phenoxy) is 1. The molecule has 1 aliphatic heterocycles. The number of rotatable bonds is 4. The van der Waals surface area contributed by atoms with Crippen LogP contribution < -0.4 is 4.74 Å². The van der Waals surface area contributed by atoms with Gasteiger partial charge in [-0.1, -0.05) is 6.07 Å². The quantitative estimate of drug-likeness (QED) is 0.842. The second-order valence-electron chi connectivity index (χ2n) is 6.52. The van der Waals surface area contributed by atoms with Crippen molar-refractivity contribution in [3.05, 3.63) is 29.8 Å². The van der Waals surface area contributed by atoms with Gasteiger partial charge in [-0.05, 0) is 55.7 Å². The Hall–Kier alpha value is -1.51. The van der Waals surface area contributed by atoms with Gasteiger partial charge in [0.05, 0.1) is 7.11 Å². The van der Waals surface area contributed by atoms with Gasteiger partial charge in [0.15, 0.2) is 0 Å². The molecule has 0 unspecified atom stereocenters. The highest BCUT2D eigenvalue weighted by Crippen LogP contribution is 2.52. The van der Waals surface area contributed by atoms with Crippen molar-refractivity contribution in [2.24, 2.45) is 17.8 Å². The van der Waals surface area contributed by atoms with Crippen LogP contribution in [0.4, 0.5) is 0 Å². The van der Waals surface area contributed by atoms with Gasteiger partial charge in [-0.15, -0.1) is 0 Å². The lowest BCUT2D eigenvalue weighted by molar-refractivity contribution is -0.00201. The molecule has 1 aromatic carbocycles. The van der Waals surface area contributed by atoms with Crippen LogP contribution in [0.1, 0.15) is 36.0 Å². The fourth-order valence-corrected chi connectivity index (χ4v) is 3.68. The zero-order valence-electron chi connectivity index (χ0n) is 11.9. The van der Waals surface area contributed by atoms with Gasteiger partial charge in [0.1, 0.15) is 5.75 Å². The lowest BCUT2D eigenvalue weighted by atomic mass is 9.80. The monoisotopic (exact) mass is 271 g/mol. The van der Waals surface area contributed by atoms with Gasteiger partial charge < -0.3 is 9.64 Å². The first kappa shape index (κ1) is 12.2. The van der Waals surface area contributed by atoms with E-state index in [-0.39, 0.29) is 5.91 Å². The molecule has 3 heteroatoms. The van der Waals surface area contributed by atoms with E-state index in [0.29, 0.717) is 6.04 Å². The van der Waals surface area contributed by atoms with E-state index in [1.807, 2.05) is 24.3 Å². The molecule has 106 valence electrons. The predicted molar refractivity (Wildman–Crippen MR) is 76.8 cm³/mol. The topological polar surface area (TPSA) is 29.5 Å². The minimum Gasteiger partial charge on any atom is -0.497 e. The average Bonchev–Trinajstić information content (AvgIpc) is 3.31. The molecule has 3 fully saturated rings. The lowest BCUT2D eigenvalue weighted by Crippen LogP contribution is -2.60. The first-order valence-electron chi connectivity index (χ1n) is 7.73. The van der Waals surface area contributed by atoms with Crippen LogP contribution in [0.5, 0.6) is 5.75 Å². The third kappa shape index (κ3) is 2.00. The highest BCUT2D eigenvalue weighted by atomic mass is 16.5. The van der Waals surface area contributed by atoms with E-state index in [2.05, 4.69) is 4.90 Å². The summed E-state index contributed by atoms with van der Waals surface area (Å²) in [6.07, 6.45) is 5.40. The van der Waals surface area contributed by atoms with E-state index < -0.39 is 0 Å². The number of likely N-dealkylation sites (tertiary alicyclic amines) is 1. The first-order chi connectivity index (χ1) is 9.78. The molecule has 0 N–H and O–H groups in total. The van der Waals surface area contributed by atoms with Crippen molar-refractivity contribution in [2.45, 2.75) is 31.7 Å². The molecule has 0 aromatic heterocycles. The Bertz CT molecular complexity index is 534. The summed E-state index contributed by atoms with van der Waals surface area (Å²) in [6, 6.07) is 8.08. The Kier molecular flexibility index (Phi) is 2.76. The van der Waals surface area contributed by atoms with Crippen molar-refractivity contribution in [3.63, 3.8) is 0 Å². The number of amides is 1. The Labute approximate surface area is 119 Å². The fraction of sp³-hybridized carbons (Fsp3) is 0.588. The Morgan fingerprint density at radius 3 is 2.60 bits per heavy atom. The second-order valence-corrected chi connectivity index (χ2v) is 6.52. The summed E-state index contributed by atoms with van der Waals surface area (Å²) in [5.41, 5.74) is 0.768. The SMILES string of the molecule is COc1cccc(C(=O)N2C[C@H](C3CC3)[C@@H]2C2CC2)c1. The number of carbonyl (C=O) groups is 1. The van der Waals surface area contributed by atoms with E-state index in [1.165, 1.54) is 25.7 Å². The largest absolute Gasteiger partial charge is 0.497 e. The maximum atomic E-state index is 12.7. The van der Waals surface area contributed by atoms with Crippen LogP contribution in [0.25, 0.3) is 0 Å². The minimum absolute atomic E-state index is 0.192. The van der Waals surface area contributed by atoms with Crippen molar-refractivity contribution in [3.8, 4) is 5.75 Å². The molecular formula is C17H21NO2. The van der Waals surface area contributed by atoms with Gasteiger partial charge in [0.2, 0.25) is 0 Å². The second kappa shape index (κ2) is 4.51. The van der Waals surface area contributed by atoms with Crippen LogP contribution >= 0.6 is 0 Å². The van der Waals surface area contributed by atoms with Gasteiger partial charge in [-0.25, -0.2) is 0 Å². The van der Waals surface area contributed by atoms with Gasteiger partial charge in [0.25, 0.3) is 5.91 Å². The van der Waals surface area contributed by atoms with Crippen molar-refractivity contribution in [1.29, 1.82) is 0 Å². The van der Waals surface area contributed by atoms with Crippen LogP contribution in [0.3, 0.4) is 0 Å². The number of hydrogen-bond acceptors (Lipinski definition) is 2. The molecule has 20 heavy (non-hydrogen) atoms. The molecule has 2 aliphatic carbocycles. The maximum Gasteiger partial charge on any atom is 0.254 e. The van der Waals surface area contributed by atoms with E-state index >= 15 is 0 Å². The summed E-state index contributed by atoms with van der Waals surface area (Å²) in [5.74, 6) is 3.44. The Morgan fingerprint density at radius 2 is 1.95 bits per heavy atom. The van der Waals surface area contributed by atoms with Crippen molar-refractivity contribution >= 4 is 5.91 Å². The van der Waals surface area contributed by atoms with Crippen molar-refractivity contribution in [1.82, 2.24) is 4.90 Å². The molecule has 0 bridgehead atoms. The molecule has 2 atom stereocenters. The smallest absolute Gasteiger partial charge is 0.254 e. The molecule has 0 spiro atoms. The maximum absolute atomic E-state index is 12.7. The molecular weight excluding hydrogens is 250 g/mol. The molecule has 1 saturated heterocycles. The van der Waals surface area contributed by atoms with Crippen LogP contribution in [-0.2, 0) is 0 Å². The van der Waals surface area contributed by atoms with Crippen LogP contribution in [0.2, 0.25) is 0 Å². The van der Waals surface area contributed by atoms with E-state index in [0.717, 1.165) is 35.6 Å². The number of carbonyl (C=O) groups excluding carboxylic acids is 1. The molecule has 2 saturated carbocycles. The average molecular weight is 271 g/mol. The summed E-state index contributed by atoms with van der Waals surface area (Å²) >= 11 is 0. The highest BCUT2D eigenvalue weighted by Gasteiger charge is 2.54. The molecule has 0 radical (unpaired) electrons. The predicted octanol–water partition coefficient (Wildman–Crippen LogP) is 2.96. The van der Waals surface area contributed by atoms with Gasteiger partial charge in [-0.2, -0.15) is 0 Å². The third-order valence-corrected chi connectivity index (χ3v) is 5.12. The van der Waals surface area contributed by atoms with Crippen LogP contribution in [-0.4, -0.2) is 30.5 Å². The number of nitrogens with zero attached hydrogens (tertiary/aromatic N) is 1. The normalized spacial score (nSPS) is 28.9. The van der Waals surface area contributed by atoms with Gasteiger partial charge in [0, 0.05) is 24.1 Å². The Morgan fingerprint density at radius 1 is 1.20 bits per heavy atom. The highest BCUT2D eigenvalue weighted by molar-refractivity contribution is 5.95. The van der Waals surface area contributed by atoms with E-state index in [1.54, 1.807) is 7.11 Å². The molecule has 1 aromatic rings. The molecule has 3 nitrogen and oxygen atoms in total. The fourth-order valence-electron chi connectivity index (χ4n) is 3.68.